The minimum absolute atomic E-state index is 0.0888. The van der Waals surface area contributed by atoms with Crippen molar-refractivity contribution in [3.8, 4) is 0 Å². The van der Waals surface area contributed by atoms with E-state index in [0.29, 0.717) is 6.54 Å². The fraction of sp³-hybridized carbons (Fsp3) is 0.462. The van der Waals surface area contributed by atoms with Crippen LogP contribution in [0.15, 0.2) is 22.7 Å². The lowest BCUT2D eigenvalue weighted by Crippen LogP contribution is -2.40. The van der Waals surface area contributed by atoms with Crippen molar-refractivity contribution in [1.29, 1.82) is 0 Å². The van der Waals surface area contributed by atoms with E-state index in [4.69, 9.17) is 11.6 Å². The summed E-state index contributed by atoms with van der Waals surface area (Å²) in [5.74, 6) is 0.0888. The van der Waals surface area contributed by atoms with Crippen LogP contribution in [-0.4, -0.2) is 29.3 Å². The average molecular weight is 317 g/mol. The highest BCUT2D eigenvalue weighted by Gasteiger charge is 2.23. The summed E-state index contributed by atoms with van der Waals surface area (Å²) in [6, 6.07) is 5.70. The van der Waals surface area contributed by atoms with Gasteiger partial charge in [0.1, 0.15) is 0 Å². The molecule has 1 saturated heterocycles. The van der Waals surface area contributed by atoms with E-state index in [9.17, 15) is 4.79 Å². The van der Waals surface area contributed by atoms with Gasteiger partial charge < -0.3 is 4.90 Å². The van der Waals surface area contributed by atoms with E-state index >= 15 is 0 Å². The van der Waals surface area contributed by atoms with Crippen LogP contribution in [0.2, 0.25) is 0 Å². The fourth-order valence-corrected chi connectivity index (χ4v) is 2.64. The van der Waals surface area contributed by atoms with Crippen molar-refractivity contribution in [2.75, 3.05) is 13.1 Å². The van der Waals surface area contributed by atoms with E-state index in [1.54, 1.807) is 0 Å². The van der Waals surface area contributed by atoms with Crippen LogP contribution in [0.25, 0.3) is 0 Å². The Morgan fingerprint density at radius 1 is 1.53 bits per heavy atom. The number of hydrogen-bond donors (Lipinski definition) is 0. The largest absolute Gasteiger partial charge is 0.337 e. The Labute approximate surface area is 115 Å². The van der Waals surface area contributed by atoms with Gasteiger partial charge in [-0.1, -0.05) is 15.9 Å². The number of benzene rings is 1. The first kappa shape index (κ1) is 12.9. The highest BCUT2D eigenvalue weighted by Crippen LogP contribution is 2.21. The third-order valence-corrected chi connectivity index (χ3v) is 4.30. The van der Waals surface area contributed by atoms with Gasteiger partial charge in [0.05, 0.1) is 5.38 Å². The molecule has 0 saturated carbocycles. The van der Waals surface area contributed by atoms with Crippen molar-refractivity contribution in [3.63, 3.8) is 0 Å². The van der Waals surface area contributed by atoms with E-state index in [2.05, 4.69) is 15.9 Å². The summed E-state index contributed by atoms with van der Waals surface area (Å²) in [7, 11) is 0. The molecule has 1 atom stereocenters. The van der Waals surface area contributed by atoms with Gasteiger partial charge in [-0.05, 0) is 43.5 Å². The number of alkyl halides is 1. The molecule has 92 valence electrons. The first-order valence-electron chi connectivity index (χ1n) is 5.77. The second kappa shape index (κ2) is 5.40. The number of hydrogen-bond acceptors (Lipinski definition) is 1. The molecule has 0 N–H and O–H groups in total. The van der Waals surface area contributed by atoms with Crippen molar-refractivity contribution in [1.82, 2.24) is 4.90 Å². The van der Waals surface area contributed by atoms with Gasteiger partial charge >= 0.3 is 0 Å². The number of halogens is 2. The number of carbonyl (C=O) groups excluding carboxylic acids is 1. The third-order valence-electron chi connectivity index (χ3n) is 3.06. The van der Waals surface area contributed by atoms with E-state index in [0.717, 1.165) is 35.0 Å². The molecule has 1 aliphatic rings. The van der Waals surface area contributed by atoms with Gasteiger partial charge in [0.15, 0.2) is 0 Å². The molecule has 0 aliphatic carbocycles. The number of amides is 1. The first-order chi connectivity index (χ1) is 8.08. The zero-order valence-corrected chi connectivity index (χ0v) is 12.1. The maximum atomic E-state index is 12.3. The summed E-state index contributed by atoms with van der Waals surface area (Å²) in [4.78, 5) is 14.1. The molecule has 0 spiro atoms. The van der Waals surface area contributed by atoms with Crippen molar-refractivity contribution in [3.05, 3.63) is 33.8 Å². The molecule has 17 heavy (non-hydrogen) atoms. The van der Waals surface area contributed by atoms with Crippen molar-refractivity contribution in [2.45, 2.75) is 25.1 Å². The molecule has 1 aromatic rings. The summed E-state index contributed by atoms with van der Waals surface area (Å²) < 4.78 is 1.03. The molecule has 1 amide bonds. The monoisotopic (exact) mass is 315 g/mol. The number of rotatable bonds is 1. The van der Waals surface area contributed by atoms with Crippen LogP contribution in [0.3, 0.4) is 0 Å². The van der Waals surface area contributed by atoms with Gasteiger partial charge in [0.25, 0.3) is 5.91 Å². The van der Waals surface area contributed by atoms with E-state index < -0.39 is 0 Å². The predicted molar refractivity (Wildman–Crippen MR) is 73.7 cm³/mol. The third kappa shape index (κ3) is 3.02. The molecule has 1 heterocycles. The predicted octanol–water partition coefficient (Wildman–Crippen LogP) is 3.60. The van der Waals surface area contributed by atoms with Crippen LogP contribution in [0.5, 0.6) is 0 Å². The second-order valence-corrected chi connectivity index (χ2v) is 5.93. The number of piperidine rings is 1. The normalized spacial score (nSPS) is 20.4. The molecule has 2 nitrogen and oxygen atoms in total. The quantitative estimate of drug-likeness (QED) is 0.725. The molecular formula is C13H15BrClNO. The summed E-state index contributed by atoms with van der Waals surface area (Å²) in [6.45, 7) is 3.47. The standard InChI is InChI=1S/C13H15BrClNO/c1-9-7-10(4-5-12(9)14)13(17)16-6-2-3-11(15)8-16/h4-5,7,11H,2-3,6,8H2,1H3. The first-order valence-corrected chi connectivity index (χ1v) is 7.00. The van der Waals surface area contributed by atoms with Crippen LogP contribution in [0, 0.1) is 6.92 Å². The Hall–Kier alpha value is -0.540. The SMILES string of the molecule is Cc1cc(C(=O)N2CCCC(Cl)C2)ccc1Br. The second-order valence-electron chi connectivity index (χ2n) is 4.45. The minimum Gasteiger partial charge on any atom is -0.337 e. The van der Waals surface area contributed by atoms with Gasteiger partial charge in [0.2, 0.25) is 0 Å². The Balaban J connectivity index is 2.15. The topological polar surface area (TPSA) is 20.3 Å². The maximum Gasteiger partial charge on any atom is 0.253 e. The van der Waals surface area contributed by atoms with Crippen LogP contribution in [0.4, 0.5) is 0 Å². The molecule has 2 rings (SSSR count). The van der Waals surface area contributed by atoms with Gasteiger partial charge in [-0.15, -0.1) is 11.6 Å². The molecule has 4 heteroatoms. The number of nitrogens with zero attached hydrogens (tertiary/aromatic N) is 1. The molecule has 0 radical (unpaired) electrons. The van der Waals surface area contributed by atoms with Gasteiger partial charge in [0, 0.05) is 23.1 Å². The van der Waals surface area contributed by atoms with E-state index in [1.807, 2.05) is 30.0 Å². The zero-order chi connectivity index (χ0) is 12.4. The fourth-order valence-electron chi connectivity index (χ4n) is 2.07. The van der Waals surface area contributed by atoms with Crippen molar-refractivity contribution < 1.29 is 4.79 Å². The van der Waals surface area contributed by atoms with Crippen LogP contribution < -0.4 is 0 Å². The van der Waals surface area contributed by atoms with Crippen molar-refractivity contribution >= 4 is 33.4 Å². The molecule has 1 aliphatic heterocycles. The Morgan fingerprint density at radius 3 is 2.94 bits per heavy atom. The van der Waals surface area contributed by atoms with Gasteiger partial charge in [-0.2, -0.15) is 0 Å². The van der Waals surface area contributed by atoms with E-state index in [-0.39, 0.29) is 11.3 Å². The Morgan fingerprint density at radius 2 is 2.29 bits per heavy atom. The van der Waals surface area contributed by atoms with Gasteiger partial charge in [-0.3, -0.25) is 4.79 Å². The van der Waals surface area contributed by atoms with E-state index in [1.165, 1.54) is 0 Å². The number of likely N-dealkylation sites (tertiary alicyclic amines) is 1. The lowest BCUT2D eigenvalue weighted by Gasteiger charge is -2.30. The van der Waals surface area contributed by atoms with Crippen LogP contribution >= 0.6 is 27.5 Å². The Kier molecular flexibility index (Phi) is 4.10. The summed E-state index contributed by atoms with van der Waals surface area (Å²) in [6.07, 6.45) is 2.00. The molecule has 1 fully saturated rings. The number of aryl methyl sites for hydroxylation is 1. The average Bonchev–Trinajstić information content (AvgIpc) is 2.32. The number of carbonyl (C=O) groups is 1. The van der Waals surface area contributed by atoms with Crippen LogP contribution in [-0.2, 0) is 0 Å². The highest BCUT2D eigenvalue weighted by atomic mass is 79.9. The lowest BCUT2D eigenvalue weighted by atomic mass is 10.1. The molecule has 0 aromatic heterocycles. The molecule has 1 aromatic carbocycles. The van der Waals surface area contributed by atoms with Crippen LogP contribution in [0.1, 0.15) is 28.8 Å². The molecule has 1 unspecified atom stereocenters. The minimum atomic E-state index is 0.0888. The lowest BCUT2D eigenvalue weighted by molar-refractivity contribution is 0.0727. The molecule has 0 bridgehead atoms. The summed E-state index contributed by atoms with van der Waals surface area (Å²) in [5.41, 5.74) is 1.83. The smallest absolute Gasteiger partial charge is 0.253 e. The van der Waals surface area contributed by atoms with Crippen molar-refractivity contribution in [2.24, 2.45) is 0 Å². The zero-order valence-electron chi connectivity index (χ0n) is 9.75. The highest BCUT2D eigenvalue weighted by molar-refractivity contribution is 9.10. The van der Waals surface area contributed by atoms with Gasteiger partial charge in [-0.25, -0.2) is 0 Å². The maximum absolute atomic E-state index is 12.3. The summed E-state index contributed by atoms with van der Waals surface area (Å²) >= 11 is 9.54. The molecular weight excluding hydrogens is 302 g/mol. The summed E-state index contributed by atoms with van der Waals surface area (Å²) in [5, 5.41) is 0.101. The Bertz CT molecular complexity index is 435.